The number of hydrogen-bond acceptors (Lipinski definition) is 6. The Balaban J connectivity index is 1.36. The summed E-state index contributed by atoms with van der Waals surface area (Å²) in [5.41, 5.74) is 2.23. The maximum absolute atomic E-state index is 13.9. The van der Waals surface area contributed by atoms with E-state index in [0.29, 0.717) is 38.3 Å². The van der Waals surface area contributed by atoms with Crippen molar-refractivity contribution >= 4 is 32.4 Å². The van der Waals surface area contributed by atoms with Crippen molar-refractivity contribution in [2.45, 2.75) is 24.3 Å². The summed E-state index contributed by atoms with van der Waals surface area (Å²) in [5, 5.41) is 10.9. The normalized spacial score (nSPS) is 14.4. The van der Waals surface area contributed by atoms with E-state index >= 15 is 0 Å². The van der Waals surface area contributed by atoms with Gasteiger partial charge in [-0.15, -0.1) is 0 Å². The molecule has 1 aliphatic heterocycles. The summed E-state index contributed by atoms with van der Waals surface area (Å²) < 4.78 is 35.6. The molecule has 0 saturated carbocycles. The number of anilines is 1. The minimum Gasteiger partial charge on any atom is -0.492 e. The summed E-state index contributed by atoms with van der Waals surface area (Å²) in [4.78, 5) is 17.9. The summed E-state index contributed by atoms with van der Waals surface area (Å²) in [6.45, 7) is 4.58. The molecular weight excluding hydrogens is 536 g/mol. The van der Waals surface area contributed by atoms with Crippen molar-refractivity contribution in [3.8, 4) is 11.8 Å². The van der Waals surface area contributed by atoms with Gasteiger partial charge in [-0.25, -0.2) is 8.42 Å². The summed E-state index contributed by atoms with van der Waals surface area (Å²) in [7, 11) is -4.01. The minimum absolute atomic E-state index is 0.103. The fraction of sp³-hybridized carbons (Fsp3) is 0.250. The molecule has 8 nitrogen and oxygen atoms in total. The summed E-state index contributed by atoms with van der Waals surface area (Å²) in [6, 6.07) is 28.2. The van der Waals surface area contributed by atoms with E-state index in [-0.39, 0.29) is 17.2 Å². The van der Waals surface area contributed by atoms with Crippen molar-refractivity contribution in [1.82, 2.24) is 9.62 Å². The molecule has 1 saturated heterocycles. The second-order valence-corrected chi connectivity index (χ2v) is 11.6. The Hall–Kier alpha value is -4.39. The van der Waals surface area contributed by atoms with E-state index in [1.165, 1.54) is 0 Å². The van der Waals surface area contributed by atoms with Gasteiger partial charge in [-0.05, 0) is 66.1 Å². The quantitative estimate of drug-likeness (QED) is 0.322. The molecule has 1 heterocycles. The first kappa shape index (κ1) is 28.1. The van der Waals surface area contributed by atoms with Gasteiger partial charge in [-0.1, -0.05) is 54.6 Å². The van der Waals surface area contributed by atoms with Crippen molar-refractivity contribution in [3.05, 3.63) is 102 Å². The van der Waals surface area contributed by atoms with Crippen LogP contribution in [0.3, 0.4) is 0 Å². The molecule has 1 amide bonds. The SMILES string of the molecule is CCOc1ccccc1N1CCN(C(=O)[C@H](Cc2ccc(C#N)cc2)NS(=O)(=O)c2ccc3ccccc3c2)CC1. The zero-order chi connectivity index (χ0) is 28.8. The number of nitriles is 1. The molecule has 0 aromatic heterocycles. The van der Waals surface area contributed by atoms with Crippen LogP contribution >= 0.6 is 0 Å². The minimum atomic E-state index is -4.01. The van der Waals surface area contributed by atoms with Crippen LogP contribution in [-0.4, -0.2) is 58.1 Å². The van der Waals surface area contributed by atoms with E-state index in [1.807, 2.05) is 55.5 Å². The topological polar surface area (TPSA) is 103 Å². The van der Waals surface area contributed by atoms with E-state index in [2.05, 4.69) is 15.7 Å². The molecule has 0 spiro atoms. The van der Waals surface area contributed by atoms with E-state index in [4.69, 9.17) is 10.00 Å². The van der Waals surface area contributed by atoms with Gasteiger partial charge >= 0.3 is 0 Å². The highest BCUT2D eigenvalue weighted by Crippen LogP contribution is 2.29. The Kier molecular flexibility index (Phi) is 8.53. The second kappa shape index (κ2) is 12.4. The lowest BCUT2D eigenvalue weighted by Gasteiger charge is -2.38. The molecule has 4 aromatic carbocycles. The van der Waals surface area contributed by atoms with Crippen molar-refractivity contribution in [1.29, 1.82) is 5.26 Å². The second-order valence-electron chi connectivity index (χ2n) is 9.91. The van der Waals surface area contributed by atoms with Crippen molar-refractivity contribution in [2.24, 2.45) is 0 Å². The molecule has 0 bridgehead atoms. The van der Waals surface area contributed by atoms with E-state index in [1.54, 1.807) is 47.4 Å². The Bertz CT molecular complexity index is 1670. The zero-order valence-electron chi connectivity index (χ0n) is 22.9. The Labute approximate surface area is 240 Å². The summed E-state index contributed by atoms with van der Waals surface area (Å²) in [6.07, 6.45) is 0.157. The molecule has 1 aliphatic rings. The highest BCUT2D eigenvalue weighted by atomic mass is 32.2. The van der Waals surface area contributed by atoms with Gasteiger partial charge in [-0.2, -0.15) is 9.98 Å². The number of amides is 1. The fourth-order valence-electron chi connectivity index (χ4n) is 5.10. The lowest BCUT2D eigenvalue weighted by atomic mass is 10.0. The van der Waals surface area contributed by atoms with Gasteiger partial charge in [0.05, 0.1) is 28.8 Å². The van der Waals surface area contributed by atoms with Gasteiger partial charge in [0.2, 0.25) is 15.9 Å². The number of para-hydroxylation sites is 2. The lowest BCUT2D eigenvalue weighted by Crippen LogP contribution is -2.55. The smallest absolute Gasteiger partial charge is 0.241 e. The summed E-state index contributed by atoms with van der Waals surface area (Å²) in [5.74, 6) is 0.521. The third-order valence-corrected chi connectivity index (χ3v) is 8.72. The van der Waals surface area contributed by atoms with Crippen LogP contribution in [0.25, 0.3) is 10.8 Å². The third-order valence-electron chi connectivity index (χ3n) is 7.25. The van der Waals surface area contributed by atoms with Crippen LogP contribution in [0.1, 0.15) is 18.1 Å². The van der Waals surface area contributed by atoms with Crippen molar-refractivity contribution in [3.63, 3.8) is 0 Å². The van der Waals surface area contributed by atoms with Crippen LogP contribution in [-0.2, 0) is 21.2 Å². The molecule has 9 heteroatoms. The van der Waals surface area contributed by atoms with E-state index in [9.17, 15) is 13.2 Å². The Morgan fingerprint density at radius 3 is 2.32 bits per heavy atom. The molecule has 210 valence electrons. The van der Waals surface area contributed by atoms with Gasteiger partial charge in [0.25, 0.3) is 0 Å². The van der Waals surface area contributed by atoms with Crippen molar-refractivity contribution in [2.75, 3.05) is 37.7 Å². The number of carbonyl (C=O) groups excluding carboxylic acids is 1. The van der Waals surface area contributed by atoms with Gasteiger partial charge in [-0.3, -0.25) is 4.79 Å². The maximum Gasteiger partial charge on any atom is 0.241 e. The molecule has 4 aromatic rings. The average Bonchev–Trinajstić information content (AvgIpc) is 3.01. The lowest BCUT2D eigenvalue weighted by molar-refractivity contribution is -0.133. The average molecular weight is 569 g/mol. The first-order chi connectivity index (χ1) is 19.9. The van der Waals surface area contributed by atoms with Crippen LogP contribution in [0.15, 0.2) is 95.9 Å². The highest BCUT2D eigenvalue weighted by molar-refractivity contribution is 7.89. The first-order valence-corrected chi connectivity index (χ1v) is 15.1. The predicted octanol–water partition coefficient (Wildman–Crippen LogP) is 4.35. The number of carbonyl (C=O) groups is 1. The number of benzene rings is 4. The molecule has 5 rings (SSSR count). The van der Waals surface area contributed by atoms with Crippen LogP contribution in [0.4, 0.5) is 5.69 Å². The molecule has 1 atom stereocenters. The number of nitrogens with zero attached hydrogens (tertiary/aromatic N) is 3. The largest absolute Gasteiger partial charge is 0.492 e. The van der Waals surface area contributed by atoms with Crippen LogP contribution in [0.5, 0.6) is 5.75 Å². The van der Waals surface area contributed by atoms with E-state index in [0.717, 1.165) is 27.8 Å². The molecular formula is C32H32N4O4S. The summed E-state index contributed by atoms with van der Waals surface area (Å²) >= 11 is 0. The number of hydrogen-bond donors (Lipinski definition) is 1. The Morgan fingerprint density at radius 1 is 0.927 bits per heavy atom. The predicted molar refractivity (Wildman–Crippen MR) is 159 cm³/mol. The van der Waals surface area contributed by atoms with Crippen LogP contribution in [0, 0.1) is 11.3 Å². The molecule has 0 radical (unpaired) electrons. The van der Waals surface area contributed by atoms with E-state index < -0.39 is 16.1 Å². The monoisotopic (exact) mass is 568 g/mol. The molecule has 0 aliphatic carbocycles. The number of nitrogens with one attached hydrogen (secondary N) is 1. The Morgan fingerprint density at radius 2 is 1.61 bits per heavy atom. The van der Waals surface area contributed by atoms with Gasteiger partial charge < -0.3 is 14.5 Å². The number of rotatable bonds is 9. The van der Waals surface area contributed by atoms with Gasteiger partial charge in [0, 0.05) is 26.2 Å². The molecule has 1 fully saturated rings. The molecule has 41 heavy (non-hydrogen) atoms. The molecule has 1 N–H and O–H groups in total. The van der Waals surface area contributed by atoms with Gasteiger partial charge in [0.1, 0.15) is 11.8 Å². The maximum atomic E-state index is 13.9. The van der Waals surface area contributed by atoms with Crippen LogP contribution in [0.2, 0.25) is 0 Å². The highest BCUT2D eigenvalue weighted by Gasteiger charge is 2.32. The first-order valence-electron chi connectivity index (χ1n) is 13.6. The van der Waals surface area contributed by atoms with Gasteiger partial charge in [0.15, 0.2) is 0 Å². The number of sulfonamides is 1. The number of piperazine rings is 1. The fourth-order valence-corrected chi connectivity index (χ4v) is 6.33. The number of ether oxygens (including phenoxy) is 1. The standard InChI is InChI=1S/C32H32N4O4S/c1-2-40-31-10-6-5-9-30(31)35-17-19-36(20-18-35)32(37)29(21-24-11-13-25(23-33)14-12-24)34-41(38,39)28-16-15-26-7-3-4-8-27(26)22-28/h3-16,22,29,34H,2,17-21H2,1H3/t29-/m0/s1. The number of fused-ring (bicyclic) bond motifs is 1. The van der Waals surface area contributed by atoms with Crippen LogP contribution < -0.4 is 14.4 Å². The van der Waals surface area contributed by atoms with Crippen molar-refractivity contribution < 1.29 is 17.9 Å². The third kappa shape index (κ3) is 6.51. The zero-order valence-corrected chi connectivity index (χ0v) is 23.7. The molecule has 0 unspecified atom stereocenters.